The molecular weight excluding hydrogens is 326 g/mol. The molecule has 23 heavy (non-hydrogen) atoms. The molecule has 2 saturated heterocycles. The van der Waals surface area contributed by atoms with Crippen molar-refractivity contribution < 1.29 is 19.3 Å². The van der Waals surface area contributed by atoms with Gasteiger partial charge in [0, 0.05) is 0 Å². The zero-order valence-electron chi connectivity index (χ0n) is 12.5. The Labute approximate surface area is 136 Å². The molecule has 0 radical (unpaired) electrons. The summed E-state index contributed by atoms with van der Waals surface area (Å²) in [6.07, 6.45) is -0.691. The van der Waals surface area contributed by atoms with Crippen molar-refractivity contribution in [2.45, 2.75) is 44.2 Å². The third-order valence-corrected chi connectivity index (χ3v) is 4.29. The van der Waals surface area contributed by atoms with Crippen LogP contribution in [0.2, 0.25) is 5.28 Å². The Kier molecular flexibility index (Phi) is 3.26. The Balaban J connectivity index is 1.82. The van der Waals surface area contributed by atoms with Gasteiger partial charge in [-0.25, -0.2) is 15.0 Å². The third-order valence-electron chi connectivity index (χ3n) is 4.02. The highest BCUT2D eigenvalue weighted by atomic mass is 35.5. The number of hydrogen-bond donors (Lipinski definition) is 2. The molecular formula is C13H16ClN5O4. The molecule has 0 aromatic carbocycles. The summed E-state index contributed by atoms with van der Waals surface area (Å²) in [4.78, 5) is 12.3. The van der Waals surface area contributed by atoms with Crippen LogP contribution < -0.4 is 5.73 Å². The summed E-state index contributed by atoms with van der Waals surface area (Å²) < 4.78 is 19.2. The van der Waals surface area contributed by atoms with Crippen molar-refractivity contribution in [3.63, 3.8) is 0 Å². The highest BCUT2D eigenvalue weighted by molar-refractivity contribution is 6.29. The van der Waals surface area contributed by atoms with Gasteiger partial charge in [-0.1, -0.05) is 0 Å². The molecule has 4 heterocycles. The quantitative estimate of drug-likeness (QED) is 0.757. The minimum Gasteiger partial charge on any atom is -0.394 e. The lowest BCUT2D eigenvalue weighted by molar-refractivity contribution is -0.199. The van der Waals surface area contributed by atoms with Crippen LogP contribution in [0.1, 0.15) is 20.1 Å². The smallest absolute Gasteiger partial charge is 0.207 e. The molecule has 4 atom stereocenters. The van der Waals surface area contributed by atoms with Gasteiger partial charge in [0.05, 0.1) is 6.61 Å². The van der Waals surface area contributed by atoms with E-state index < -0.39 is 30.3 Å². The van der Waals surface area contributed by atoms with Crippen molar-refractivity contribution >= 4 is 28.6 Å². The predicted molar refractivity (Wildman–Crippen MR) is 79.6 cm³/mol. The van der Waals surface area contributed by atoms with Crippen LogP contribution in [0.4, 0.5) is 5.82 Å². The molecule has 4 rings (SSSR count). The molecule has 0 amide bonds. The lowest BCUT2D eigenvalue weighted by Crippen LogP contribution is -2.31. The van der Waals surface area contributed by atoms with Crippen molar-refractivity contribution in [2.75, 3.05) is 12.3 Å². The van der Waals surface area contributed by atoms with E-state index >= 15 is 0 Å². The van der Waals surface area contributed by atoms with E-state index in [2.05, 4.69) is 15.0 Å². The number of aromatic nitrogens is 4. The van der Waals surface area contributed by atoms with Crippen molar-refractivity contribution in [3.8, 4) is 0 Å². The first-order chi connectivity index (χ1) is 10.9. The molecule has 10 heteroatoms. The minimum atomic E-state index is -0.776. The van der Waals surface area contributed by atoms with E-state index in [0.717, 1.165) is 0 Å². The van der Waals surface area contributed by atoms with Gasteiger partial charge < -0.3 is 25.1 Å². The predicted octanol–water partition coefficient (Wildman–Crippen LogP) is 0.472. The summed E-state index contributed by atoms with van der Waals surface area (Å²) >= 11 is 6.26. The van der Waals surface area contributed by atoms with Crippen LogP contribution in [-0.4, -0.2) is 55.3 Å². The molecule has 124 valence electrons. The zero-order chi connectivity index (χ0) is 16.4. The number of hydrogen-bond acceptors (Lipinski definition) is 8. The van der Waals surface area contributed by atoms with Gasteiger partial charge in [0.25, 0.3) is 0 Å². The van der Waals surface area contributed by atoms with E-state index in [4.69, 9.17) is 31.5 Å². The van der Waals surface area contributed by atoms with Gasteiger partial charge in [0.1, 0.15) is 24.6 Å². The Hall–Kier alpha value is -1.52. The molecule has 2 aromatic heterocycles. The van der Waals surface area contributed by atoms with Gasteiger partial charge in [-0.3, -0.25) is 4.57 Å². The first-order valence-corrected chi connectivity index (χ1v) is 7.55. The summed E-state index contributed by atoms with van der Waals surface area (Å²) in [5.41, 5.74) is 6.65. The highest BCUT2D eigenvalue weighted by Crippen LogP contribution is 2.44. The van der Waals surface area contributed by atoms with Crippen molar-refractivity contribution in [3.05, 3.63) is 11.6 Å². The summed E-state index contributed by atoms with van der Waals surface area (Å²) in [6.45, 7) is 3.42. The average Bonchev–Trinajstić information content (AvgIpc) is 3.08. The number of imidazole rings is 1. The number of rotatable bonds is 2. The minimum absolute atomic E-state index is 0.155. The molecule has 0 unspecified atom stereocenters. The second kappa shape index (κ2) is 4.99. The Morgan fingerprint density at radius 2 is 2.09 bits per heavy atom. The number of nitrogens with two attached hydrogens (primary N) is 1. The van der Waals surface area contributed by atoms with Crippen LogP contribution in [-0.2, 0) is 14.2 Å². The summed E-state index contributed by atoms with van der Waals surface area (Å²) in [5.74, 6) is -0.547. The lowest BCUT2D eigenvalue weighted by Gasteiger charge is -2.24. The zero-order valence-corrected chi connectivity index (χ0v) is 13.3. The first-order valence-electron chi connectivity index (χ1n) is 7.17. The summed E-state index contributed by atoms with van der Waals surface area (Å²) in [6, 6.07) is 0. The Morgan fingerprint density at radius 3 is 2.83 bits per heavy atom. The third kappa shape index (κ3) is 2.19. The fraction of sp³-hybridized carbons (Fsp3) is 0.615. The van der Waals surface area contributed by atoms with Gasteiger partial charge in [0.2, 0.25) is 5.28 Å². The van der Waals surface area contributed by atoms with Crippen LogP contribution in [0.15, 0.2) is 6.33 Å². The topological polar surface area (TPSA) is 118 Å². The Bertz CT molecular complexity index is 766. The van der Waals surface area contributed by atoms with E-state index in [1.165, 1.54) is 6.33 Å². The maximum Gasteiger partial charge on any atom is 0.207 e. The van der Waals surface area contributed by atoms with E-state index in [0.29, 0.717) is 11.2 Å². The normalized spacial score (nSPS) is 32.5. The van der Waals surface area contributed by atoms with Crippen molar-refractivity contribution in [2.24, 2.45) is 0 Å². The highest BCUT2D eigenvalue weighted by Gasteiger charge is 2.56. The molecule has 2 aliphatic heterocycles. The molecule has 9 nitrogen and oxygen atoms in total. The van der Waals surface area contributed by atoms with Gasteiger partial charge in [-0.15, -0.1) is 0 Å². The second-order valence-electron chi connectivity index (χ2n) is 5.99. The maximum atomic E-state index is 9.56. The molecule has 2 aliphatic rings. The molecule has 2 fully saturated rings. The first kappa shape index (κ1) is 15.0. The van der Waals surface area contributed by atoms with Crippen LogP contribution >= 0.6 is 11.6 Å². The number of anilines is 1. The standard InChI is InChI=1S/C13H16ClN5O4/c1-13(2)22-7-5(3-20)21-11(8(7)23-13)19-10-6(18-12(19)14)9(15)16-4-17-10/h4-5,7-8,11,20H,3H2,1-2H3,(H2,15,16,17)/t5-,7-,8-,11-/m1/s1. The van der Waals surface area contributed by atoms with E-state index in [9.17, 15) is 5.11 Å². The Morgan fingerprint density at radius 1 is 1.35 bits per heavy atom. The summed E-state index contributed by atoms with van der Waals surface area (Å²) in [5, 5.41) is 9.72. The van der Waals surface area contributed by atoms with Crippen molar-refractivity contribution in [1.29, 1.82) is 0 Å². The molecule has 0 saturated carbocycles. The number of nitrogens with zero attached hydrogens (tertiary/aromatic N) is 4. The number of nitrogen functional groups attached to an aromatic ring is 1. The largest absolute Gasteiger partial charge is 0.394 e. The monoisotopic (exact) mass is 341 g/mol. The summed E-state index contributed by atoms with van der Waals surface area (Å²) in [7, 11) is 0. The van der Waals surface area contributed by atoms with E-state index in [1.807, 2.05) is 13.8 Å². The number of aliphatic hydroxyl groups excluding tert-OH is 1. The number of aliphatic hydroxyl groups is 1. The molecule has 0 bridgehead atoms. The van der Waals surface area contributed by atoms with E-state index in [1.54, 1.807) is 4.57 Å². The SMILES string of the molecule is CC1(C)O[C@@H]2[C@H](O1)[C@@H](CO)O[C@H]2n1c(Cl)nc2c(N)ncnc21. The van der Waals surface area contributed by atoms with Gasteiger partial charge in [0.15, 0.2) is 29.0 Å². The molecule has 0 spiro atoms. The molecule has 3 N–H and O–H groups in total. The number of ether oxygens (including phenoxy) is 3. The van der Waals surface area contributed by atoms with Gasteiger partial charge >= 0.3 is 0 Å². The van der Waals surface area contributed by atoms with Crippen LogP contribution in [0, 0.1) is 0 Å². The number of fused-ring (bicyclic) bond motifs is 2. The van der Waals surface area contributed by atoms with Crippen LogP contribution in [0.25, 0.3) is 11.2 Å². The fourth-order valence-electron chi connectivity index (χ4n) is 3.14. The average molecular weight is 342 g/mol. The number of halogens is 1. The van der Waals surface area contributed by atoms with Crippen LogP contribution in [0.5, 0.6) is 0 Å². The lowest BCUT2D eigenvalue weighted by atomic mass is 10.1. The fourth-order valence-corrected chi connectivity index (χ4v) is 3.40. The van der Waals surface area contributed by atoms with Crippen molar-refractivity contribution in [1.82, 2.24) is 19.5 Å². The van der Waals surface area contributed by atoms with E-state index in [-0.39, 0.29) is 17.7 Å². The molecule has 0 aliphatic carbocycles. The van der Waals surface area contributed by atoms with Gasteiger partial charge in [-0.05, 0) is 25.4 Å². The maximum absolute atomic E-state index is 9.56. The van der Waals surface area contributed by atoms with Gasteiger partial charge in [-0.2, -0.15) is 0 Å². The van der Waals surface area contributed by atoms with Crippen LogP contribution in [0.3, 0.4) is 0 Å². The molecule has 2 aromatic rings. The second-order valence-corrected chi connectivity index (χ2v) is 6.33.